The molecule has 3 aromatic carbocycles. The minimum Gasteiger partial charge on any atom is -0.332 e. The highest BCUT2D eigenvalue weighted by Crippen LogP contribution is 2.26. The summed E-state index contributed by atoms with van der Waals surface area (Å²) in [6, 6.07) is 18.5. The lowest BCUT2D eigenvalue weighted by molar-refractivity contribution is 0.601. The van der Waals surface area contributed by atoms with Crippen LogP contribution in [0.2, 0.25) is 10.0 Å². The lowest BCUT2D eigenvalue weighted by Gasteiger charge is -2.13. The SMILES string of the molecule is Cc1ccccc1NS(=O)(=O)c1ccc(NC(=S)Nc2ccc(Cl)cc2Cl)cc1. The average Bonchev–Trinajstić information content (AvgIpc) is 2.66. The number of thiocarbonyl (C=S) groups is 1. The molecule has 0 atom stereocenters. The number of benzene rings is 3. The first-order chi connectivity index (χ1) is 13.7. The number of halogens is 2. The maximum Gasteiger partial charge on any atom is 0.261 e. The zero-order valence-electron chi connectivity index (χ0n) is 15.2. The maximum absolute atomic E-state index is 12.6. The van der Waals surface area contributed by atoms with Crippen molar-refractivity contribution in [2.45, 2.75) is 11.8 Å². The molecule has 0 saturated carbocycles. The van der Waals surface area contributed by atoms with Gasteiger partial charge in [0.1, 0.15) is 0 Å². The van der Waals surface area contributed by atoms with Gasteiger partial charge in [-0.2, -0.15) is 0 Å². The summed E-state index contributed by atoms with van der Waals surface area (Å²) in [7, 11) is -3.70. The fraction of sp³-hybridized carbons (Fsp3) is 0.0500. The van der Waals surface area contributed by atoms with Crippen LogP contribution in [0, 0.1) is 6.92 Å². The molecule has 3 N–H and O–H groups in total. The number of aryl methyl sites for hydroxylation is 1. The van der Waals surface area contributed by atoms with Crippen LogP contribution in [0.15, 0.2) is 71.6 Å². The minimum atomic E-state index is -3.70. The predicted molar refractivity (Wildman–Crippen MR) is 125 cm³/mol. The normalized spacial score (nSPS) is 11.0. The molecule has 3 rings (SSSR count). The van der Waals surface area contributed by atoms with E-state index < -0.39 is 10.0 Å². The fourth-order valence-electron chi connectivity index (χ4n) is 2.48. The molecule has 0 spiro atoms. The van der Waals surface area contributed by atoms with Crippen molar-refractivity contribution in [2.75, 3.05) is 15.4 Å². The Morgan fingerprint density at radius 2 is 1.59 bits per heavy atom. The third-order valence-electron chi connectivity index (χ3n) is 3.99. The summed E-state index contributed by atoms with van der Waals surface area (Å²) in [5.41, 5.74) is 2.61. The lowest BCUT2D eigenvalue weighted by atomic mass is 10.2. The molecule has 0 bridgehead atoms. The number of para-hydroxylation sites is 1. The quantitative estimate of drug-likeness (QED) is 0.408. The Bertz CT molecular complexity index is 1150. The van der Waals surface area contributed by atoms with Crippen LogP contribution in [0.5, 0.6) is 0 Å². The van der Waals surface area contributed by atoms with Gasteiger partial charge in [-0.3, -0.25) is 4.72 Å². The van der Waals surface area contributed by atoms with Crippen LogP contribution < -0.4 is 15.4 Å². The molecular weight excluding hydrogens is 449 g/mol. The van der Waals surface area contributed by atoms with Gasteiger partial charge in [-0.25, -0.2) is 8.42 Å². The highest BCUT2D eigenvalue weighted by Gasteiger charge is 2.15. The van der Waals surface area contributed by atoms with Crippen LogP contribution in [0.25, 0.3) is 0 Å². The maximum atomic E-state index is 12.6. The molecule has 0 unspecified atom stereocenters. The number of anilines is 3. The number of hydrogen-bond acceptors (Lipinski definition) is 3. The zero-order chi connectivity index (χ0) is 21.0. The number of hydrogen-bond donors (Lipinski definition) is 3. The van der Waals surface area contributed by atoms with E-state index in [0.29, 0.717) is 32.2 Å². The van der Waals surface area contributed by atoms with Gasteiger partial charge in [0.15, 0.2) is 5.11 Å². The second-order valence-electron chi connectivity index (χ2n) is 6.15. The minimum absolute atomic E-state index is 0.144. The van der Waals surface area contributed by atoms with Gasteiger partial charge in [-0.15, -0.1) is 0 Å². The van der Waals surface area contributed by atoms with E-state index in [0.717, 1.165) is 5.56 Å². The monoisotopic (exact) mass is 465 g/mol. The summed E-state index contributed by atoms with van der Waals surface area (Å²) in [4.78, 5) is 0.144. The van der Waals surface area contributed by atoms with Crippen LogP contribution in [0.4, 0.5) is 17.1 Å². The van der Waals surface area contributed by atoms with E-state index in [9.17, 15) is 8.42 Å². The highest BCUT2D eigenvalue weighted by atomic mass is 35.5. The largest absolute Gasteiger partial charge is 0.332 e. The van der Waals surface area contributed by atoms with Crippen LogP contribution in [0.3, 0.4) is 0 Å². The van der Waals surface area contributed by atoms with Crippen molar-refractivity contribution in [1.29, 1.82) is 0 Å². The fourth-order valence-corrected chi connectivity index (χ4v) is 4.30. The number of nitrogens with one attached hydrogen (secondary N) is 3. The van der Waals surface area contributed by atoms with Gasteiger partial charge in [0.25, 0.3) is 10.0 Å². The molecule has 0 radical (unpaired) electrons. The van der Waals surface area contributed by atoms with Crippen molar-refractivity contribution in [3.63, 3.8) is 0 Å². The smallest absolute Gasteiger partial charge is 0.261 e. The molecule has 0 saturated heterocycles. The Labute approximate surface area is 185 Å². The molecule has 0 heterocycles. The van der Waals surface area contributed by atoms with Crippen molar-refractivity contribution in [2.24, 2.45) is 0 Å². The topological polar surface area (TPSA) is 70.2 Å². The second kappa shape index (κ2) is 9.00. The Balaban J connectivity index is 1.68. The van der Waals surface area contributed by atoms with Gasteiger partial charge < -0.3 is 10.6 Å². The van der Waals surface area contributed by atoms with Gasteiger partial charge in [0.2, 0.25) is 0 Å². The molecule has 150 valence electrons. The van der Waals surface area contributed by atoms with E-state index in [1.807, 2.05) is 19.1 Å². The molecule has 0 aromatic heterocycles. The van der Waals surface area contributed by atoms with Gasteiger partial charge in [-0.05, 0) is 73.2 Å². The molecule has 3 aromatic rings. The van der Waals surface area contributed by atoms with E-state index in [1.54, 1.807) is 42.5 Å². The van der Waals surface area contributed by atoms with Gasteiger partial charge in [-0.1, -0.05) is 41.4 Å². The van der Waals surface area contributed by atoms with E-state index >= 15 is 0 Å². The van der Waals surface area contributed by atoms with Crippen LogP contribution in [0.1, 0.15) is 5.56 Å². The Kier molecular flexibility index (Phi) is 6.64. The summed E-state index contributed by atoms with van der Waals surface area (Å²) in [5, 5.41) is 7.22. The molecule has 0 amide bonds. The molecular formula is C20H17Cl2N3O2S2. The molecule has 9 heteroatoms. The van der Waals surface area contributed by atoms with Gasteiger partial charge in [0, 0.05) is 10.7 Å². The molecule has 0 aliphatic heterocycles. The van der Waals surface area contributed by atoms with E-state index in [2.05, 4.69) is 15.4 Å². The molecule has 29 heavy (non-hydrogen) atoms. The second-order valence-corrected chi connectivity index (χ2v) is 9.08. The van der Waals surface area contributed by atoms with Crippen molar-refractivity contribution in [3.05, 3.63) is 82.3 Å². The summed E-state index contributed by atoms with van der Waals surface area (Å²) < 4.78 is 27.8. The van der Waals surface area contributed by atoms with Crippen LogP contribution in [-0.4, -0.2) is 13.5 Å². The third kappa shape index (κ3) is 5.61. The number of rotatable bonds is 5. The summed E-state index contributed by atoms with van der Waals surface area (Å²) in [6.45, 7) is 1.84. The Morgan fingerprint density at radius 1 is 0.897 bits per heavy atom. The molecule has 0 aliphatic carbocycles. The lowest BCUT2D eigenvalue weighted by Crippen LogP contribution is -2.19. The van der Waals surface area contributed by atoms with Crippen molar-refractivity contribution < 1.29 is 8.42 Å². The Morgan fingerprint density at radius 3 is 2.24 bits per heavy atom. The first kappa shape index (κ1) is 21.4. The standard InChI is InChI=1S/C20H17Cl2N3O2S2/c1-13-4-2-3-5-18(13)25-29(26,27)16-9-7-15(8-10-16)23-20(28)24-19-11-6-14(21)12-17(19)22/h2-12,25H,1H3,(H2,23,24,28). The predicted octanol–water partition coefficient (Wildman–Crippen LogP) is 5.91. The van der Waals surface area contributed by atoms with Crippen molar-refractivity contribution in [1.82, 2.24) is 0 Å². The van der Waals surface area contributed by atoms with E-state index in [-0.39, 0.29) is 4.90 Å². The van der Waals surface area contributed by atoms with Crippen LogP contribution >= 0.6 is 35.4 Å². The summed E-state index contributed by atoms with van der Waals surface area (Å²) in [6.07, 6.45) is 0. The van der Waals surface area contributed by atoms with Crippen LogP contribution in [-0.2, 0) is 10.0 Å². The van der Waals surface area contributed by atoms with Crippen molar-refractivity contribution in [3.8, 4) is 0 Å². The molecule has 0 aliphatic rings. The average molecular weight is 466 g/mol. The van der Waals surface area contributed by atoms with Crippen molar-refractivity contribution >= 4 is 67.6 Å². The first-order valence-corrected chi connectivity index (χ1v) is 11.1. The molecule has 5 nitrogen and oxygen atoms in total. The van der Waals surface area contributed by atoms with Gasteiger partial charge >= 0.3 is 0 Å². The van der Waals surface area contributed by atoms with Gasteiger partial charge in [0.05, 0.1) is 21.3 Å². The zero-order valence-corrected chi connectivity index (χ0v) is 18.4. The van der Waals surface area contributed by atoms with E-state index in [1.165, 1.54) is 12.1 Å². The number of sulfonamides is 1. The third-order valence-corrected chi connectivity index (χ3v) is 6.12. The first-order valence-electron chi connectivity index (χ1n) is 8.46. The highest BCUT2D eigenvalue weighted by molar-refractivity contribution is 7.92. The summed E-state index contributed by atoms with van der Waals surface area (Å²) >= 11 is 17.3. The van der Waals surface area contributed by atoms with E-state index in [4.69, 9.17) is 35.4 Å². The summed E-state index contributed by atoms with van der Waals surface area (Å²) in [5.74, 6) is 0. The molecule has 0 fully saturated rings. The Hall–Kier alpha value is -2.32.